The molecule has 0 saturated carbocycles. The number of carbonyl (C=O) groups excluding carboxylic acids is 1. The summed E-state index contributed by atoms with van der Waals surface area (Å²) in [6.07, 6.45) is 2.13. The van der Waals surface area contributed by atoms with Crippen LogP contribution in [-0.4, -0.2) is 15.5 Å². The molecule has 1 N–H and O–H groups in total. The number of fused-ring (bicyclic) bond motifs is 1. The van der Waals surface area contributed by atoms with Crippen LogP contribution in [0.2, 0.25) is 10.0 Å². The van der Waals surface area contributed by atoms with E-state index in [2.05, 4.69) is 31.3 Å². The Morgan fingerprint density at radius 1 is 1.10 bits per heavy atom. The van der Waals surface area contributed by atoms with Gasteiger partial charge in [0, 0.05) is 6.42 Å². The molecule has 0 atom stereocenters. The Morgan fingerprint density at radius 3 is 2.63 bits per heavy atom. The Hall–Kier alpha value is -2.76. The summed E-state index contributed by atoms with van der Waals surface area (Å²) in [5.41, 5.74) is 5.09. The predicted octanol–water partition coefficient (Wildman–Crippen LogP) is 5.46. The zero-order chi connectivity index (χ0) is 21.3. The Morgan fingerprint density at radius 2 is 1.90 bits per heavy atom. The van der Waals surface area contributed by atoms with Crippen LogP contribution in [0.3, 0.4) is 0 Å². The van der Waals surface area contributed by atoms with Crippen molar-refractivity contribution in [1.29, 1.82) is 0 Å². The number of nitrogens with zero attached hydrogens (tertiary/aromatic N) is 2. The number of imidazole rings is 1. The van der Waals surface area contributed by atoms with Gasteiger partial charge in [0.15, 0.2) is 0 Å². The third-order valence-electron chi connectivity index (χ3n) is 5.13. The number of amides is 1. The summed E-state index contributed by atoms with van der Waals surface area (Å²) in [5, 5.41) is 3.91. The van der Waals surface area contributed by atoms with E-state index in [1.165, 1.54) is 0 Å². The van der Waals surface area contributed by atoms with E-state index in [1.54, 1.807) is 18.4 Å². The van der Waals surface area contributed by atoms with Gasteiger partial charge in [-0.05, 0) is 66.9 Å². The van der Waals surface area contributed by atoms with E-state index < -0.39 is 0 Å². The lowest BCUT2D eigenvalue weighted by Crippen LogP contribution is -2.27. The molecule has 0 saturated heterocycles. The number of furan rings is 1. The molecular formula is C23H21Cl2N3O2. The average Bonchev–Trinajstić information content (AvgIpc) is 3.33. The summed E-state index contributed by atoms with van der Waals surface area (Å²) in [6, 6.07) is 13.3. The van der Waals surface area contributed by atoms with Gasteiger partial charge in [-0.15, -0.1) is 0 Å². The Kier molecular flexibility index (Phi) is 5.84. The SMILES string of the molecule is Cc1cc2nc(Cc3ccc(Cl)c(Cl)c3)n(CC(=O)NCc3ccco3)c2cc1C. The van der Waals surface area contributed by atoms with Gasteiger partial charge in [-0.3, -0.25) is 4.79 Å². The molecule has 2 heterocycles. The van der Waals surface area contributed by atoms with Gasteiger partial charge < -0.3 is 14.3 Å². The summed E-state index contributed by atoms with van der Waals surface area (Å²) in [4.78, 5) is 17.5. The smallest absolute Gasteiger partial charge is 0.240 e. The molecule has 2 aromatic heterocycles. The van der Waals surface area contributed by atoms with Gasteiger partial charge in [0.1, 0.15) is 18.1 Å². The van der Waals surface area contributed by atoms with Gasteiger partial charge in [0.05, 0.1) is 33.9 Å². The highest BCUT2D eigenvalue weighted by Crippen LogP contribution is 2.26. The molecule has 7 heteroatoms. The van der Waals surface area contributed by atoms with E-state index in [4.69, 9.17) is 32.6 Å². The Bertz CT molecular complexity index is 1210. The van der Waals surface area contributed by atoms with E-state index in [9.17, 15) is 4.79 Å². The first-order valence-electron chi connectivity index (χ1n) is 9.60. The van der Waals surface area contributed by atoms with Gasteiger partial charge in [-0.2, -0.15) is 0 Å². The summed E-state index contributed by atoms with van der Waals surface area (Å²) in [5.74, 6) is 1.39. The highest BCUT2D eigenvalue weighted by atomic mass is 35.5. The van der Waals surface area contributed by atoms with Crippen LogP contribution in [0.15, 0.2) is 53.1 Å². The van der Waals surface area contributed by atoms with Crippen LogP contribution in [0.5, 0.6) is 0 Å². The topological polar surface area (TPSA) is 60.1 Å². The molecule has 30 heavy (non-hydrogen) atoms. The van der Waals surface area contributed by atoms with Crippen LogP contribution in [0.1, 0.15) is 28.3 Å². The van der Waals surface area contributed by atoms with E-state index >= 15 is 0 Å². The molecule has 1 amide bonds. The van der Waals surface area contributed by atoms with Crippen molar-refractivity contribution in [2.75, 3.05) is 0 Å². The number of hydrogen-bond donors (Lipinski definition) is 1. The normalized spacial score (nSPS) is 11.2. The second-order valence-electron chi connectivity index (χ2n) is 7.32. The minimum absolute atomic E-state index is 0.112. The van der Waals surface area contributed by atoms with Crippen molar-refractivity contribution >= 4 is 40.1 Å². The van der Waals surface area contributed by atoms with Crippen molar-refractivity contribution in [3.05, 3.63) is 87.0 Å². The molecule has 4 rings (SSSR count). The number of nitrogens with one attached hydrogen (secondary N) is 1. The molecule has 0 bridgehead atoms. The van der Waals surface area contributed by atoms with Crippen LogP contribution in [-0.2, 0) is 24.3 Å². The van der Waals surface area contributed by atoms with Gasteiger partial charge in [-0.1, -0.05) is 29.3 Å². The van der Waals surface area contributed by atoms with Crippen LogP contribution >= 0.6 is 23.2 Å². The Labute approximate surface area is 184 Å². The third kappa shape index (κ3) is 4.37. The molecule has 0 spiro atoms. The maximum atomic E-state index is 12.7. The largest absolute Gasteiger partial charge is 0.467 e. The van der Waals surface area contributed by atoms with E-state index in [0.717, 1.165) is 33.5 Å². The summed E-state index contributed by atoms with van der Waals surface area (Å²) in [6.45, 7) is 4.62. The number of carbonyl (C=O) groups is 1. The molecule has 0 aliphatic carbocycles. The van der Waals surface area contributed by atoms with Crippen molar-refractivity contribution in [3.8, 4) is 0 Å². The van der Waals surface area contributed by atoms with Crippen molar-refractivity contribution < 1.29 is 9.21 Å². The zero-order valence-electron chi connectivity index (χ0n) is 16.7. The fraction of sp³-hybridized carbons (Fsp3) is 0.217. The lowest BCUT2D eigenvalue weighted by molar-refractivity contribution is -0.121. The standard InChI is InChI=1S/C23H21Cl2N3O2/c1-14-8-20-21(9-15(14)2)28(13-23(29)26-12-17-4-3-7-30-17)22(27-20)11-16-5-6-18(24)19(25)10-16/h3-10H,11-13H2,1-2H3,(H,26,29). The van der Waals surface area contributed by atoms with Crippen LogP contribution < -0.4 is 5.32 Å². The second-order valence-corrected chi connectivity index (χ2v) is 8.14. The van der Waals surface area contributed by atoms with Gasteiger partial charge in [-0.25, -0.2) is 4.98 Å². The van der Waals surface area contributed by atoms with Gasteiger partial charge in [0.25, 0.3) is 0 Å². The monoisotopic (exact) mass is 441 g/mol. The lowest BCUT2D eigenvalue weighted by atomic mass is 10.1. The molecule has 0 aliphatic heterocycles. The van der Waals surface area contributed by atoms with Gasteiger partial charge >= 0.3 is 0 Å². The highest BCUT2D eigenvalue weighted by molar-refractivity contribution is 6.42. The average molecular weight is 442 g/mol. The molecule has 4 aromatic rings. The summed E-state index contributed by atoms with van der Waals surface area (Å²) < 4.78 is 7.24. The molecule has 0 radical (unpaired) electrons. The molecule has 154 valence electrons. The van der Waals surface area contributed by atoms with Crippen LogP contribution in [0.25, 0.3) is 11.0 Å². The van der Waals surface area contributed by atoms with E-state index in [0.29, 0.717) is 28.8 Å². The molecule has 0 unspecified atom stereocenters. The first kappa shape index (κ1) is 20.5. The minimum atomic E-state index is -0.112. The Balaban J connectivity index is 1.65. The summed E-state index contributed by atoms with van der Waals surface area (Å²) >= 11 is 12.2. The molecule has 0 aliphatic rings. The van der Waals surface area contributed by atoms with E-state index in [-0.39, 0.29) is 12.5 Å². The summed E-state index contributed by atoms with van der Waals surface area (Å²) in [7, 11) is 0. The minimum Gasteiger partial charge on any atom is -0.467 e. The number of rotatable bonds is 6. The molecule has 5 nitrogen and oxygen atoms in total. The zero-order valence-corrected chi connectivity index (χ0v) is 18.2. The van der Waals surface area contributed by atoms with Crippen molar-refractivity contribution in [1.82, 2.24) is 14.9 Å². The van der Waals surface area contributed by atoms with E-state index in [1.807, 2.05) is 22.8 Å². The third-order valence-corrected chi connectivity index (χ3v) is 5.87. The number of hydrogen-bond acceptors (Lipinski definition) is 3. The second kappa shape index (κ2) is 8.54. The number of aryl methyl sites for hydroxylation is 2. The number of halogens is 2. The first-order chi connectivity index (χ1) is 14.4. The predicted molar refractivity (Wildman–Crippen MR) is 119 cm³/mol. The highest BCUT2D eigenvalue weighted by Gasteiger charge is 2.16. The number of aromatic nitrogens is 2. The maximum absolute atomic E-state index is 12.7. The van der Waals surface area contributed by atoms with Crippen molar-refractivity contribution in [2.45, 2.75) is 33.4 Å². The molecular weight excluding hydrogens is 421 g/mol. The quantitative estimate of drug-likeness (QED) is 0.432. The molecule has 2 aromatic carbocycles. The van der Waals surface area contributed by atoms with Crippen LogP contribution in [0.4, 0.5) is 0 Å². The fourth-order valence-corrected chi connectivity index (χ4v) is 3.69. The van der Waals surface area contributed by atoms with Crippen molar-refractivity contribution in [2.24, 2.45) is 0 Å². The molecule has 0 fully saturated rings. The lowest BCUT2D eigenvalue weighted by Gasteiger charge is -2.11. The fourth-order valence-electron chi connectivity index (χ4n) is 3.37. The van der Waals surface area contributed by atoms with Crippen molar-refractivity contribution in [3.63, 3.8) is 0 Å². The van der Waals surface area contributed by atoms with Crippen LogP contribution in [0, 0.1) is 13.8 Å². The first-order valence-corrected chi connectivity index (χ1v) is 10.4. The van der Waals surface area contributed by atoms with Gasteiger partial charge in [0.2, 0.25) is 5.91 Å². The maximum Gasteiger partial charge on any atom is 0.240 e. The number of benzene rings is 2.